The number of nitrogens with one attached hydrogen (secondary N) is 1. The van der Waals surface area contributed by atoms with Crippen molar-refractivity contribution in [3.8, 4) is 16.0 Å². The number of fused-ring (bicyclic) bond motifs is 2. The molecule has 1 aliphatic rings. The standard InChI is InChI=1S/C22H17N3OS3/c1-12-6-7-13-14(11-23)21(29-19(13)10-12)25-20(26)17-8-9-18(27-17)22-24-15-4-2-3-5-16(15)28-22/h2-5,8-9,12H,6-7,10H2,1H3,(H,25,26)/t12-/m0/s1. The number of thiophene rings is 2. The van der Waals surface area contributed by atoms with Crippen LogP contribution in [0.5, 0.6) is 0 Å². The molecule has 1 amide bonds. The molecule has 0 bridgehead atoms. The molecule has 4 aromatic rings. The molecule has 0 saturated heterocycles. The fourth-order valence-electron chi connectivity index (χ4n) is 3.67. The summed E-state index contributed by atoms with van der Waals surface area (Å²) >= 11 is 4.62. The van der Waals surface area contributed by atoms with Gasteiger partial charge in [-0.25, -0.2) is 4.98 Å². The van der Waals surface area contributed by atoms with E-state index in [1.54, 1.807) is 22.7 Å². The quantitative estimate of drug-likeness (QED) is 0.409. The first-order valence-electron chi connectivity index (χ1n) is 9.44. The molecule has 1 aromatic carbocycles. The fraction of sp³-hybridized carbons (Fsp3) is 0.227. The smallest absolute Gasteiger partial charge is 0.266 e. The van der Waals surface area contributed by atoms with E-state index in [0.29, 0.717) is 21.4 Å². The summed E-state index contributed by atoms with van der Waals surface area (Å²) < 4.78 is 1.14. The second-order valence-corrected chi connectivity index (χ2v) is 10.5. The number of carbonyl (C=O) groups excluding carboxylic acids is 1. The van der Waals surface area contributed by atoms with Gasteiger partial charge in [0.25, 0.3) is 5.91 Å². The Morgan fingerprint density at radius 1 is 1.21 bits per heavy atom. The van der Waals surface area contributed by atoms with Gasteiger partial charge in [0.15, 0.2) is 0 Å². The van der Waals surface area contributed by atoms with Crippen LogP contribution in [0.2, 0.25) is 0 Å². The number of hydrogen-bond donors (Lipinski definition) is 1. The Morgan fingerprint density at radius 2 is 2.07 bits per heavy atom. The summed E-state index contributed by atoms with van der Waals surface area (Å²) in [4.78, 5) is 20.4. The minimum absolute atomic E-state index is 0.162. The Hall–Kier alpha value is -2.53. The third-order valence-electron chi connectivity index (χ3n) is 5.19. The lowest BCUT2D eigenvalue weighted by Crippen LogP contribution is -2.10. The highest BCUT2D eigenvalue weighted by molar-refractivity contribution is 7.26. The Balaban J connectivity index is 1.40. The Labute approximate surface area is 180 Å². The molecule has 1 aliphatic carbocycles. The lowest BCUT2D eigenvalue weighted by Gasteiger charge is -2.17. The summed E-state index contributed by atoms with van der Waals surface area (Å²) in [7, 11) is 0. The SMILES string of the molecule is C[C@H]1CCc2c(sc(NC(=O)c3ccc(-c4nc5ccccc5s4)s3)c2C#N)C1. The molecule has 4 nitrogen and oxygen atoms in total. The van der Waals surface area contributed by atoms with E-state index >= 15 is 0 Å². The van der Waals surface area contributed by atoms with Gasteiger partial charge < -0.3 is 5.32 Å². The number of nitriles is 1. The maximum Gasteiger partial charge on any atom is 0.266 e. The van der Waals surface area contributed by atoms with Crippen LogP contribution in [-0.2, 0) is 12.8 Å². The third kappa shape index (κ3) is 3.38. The van der Waals surface area contributed by atoms with E-state index in [1.165, 1.54) is 16.2 Å². The number of amides is 1. The number of hydrogen-bond acceptors (Lipinski definition) is 6. The van der Waals surface area contributed by atoms with Crippen LogP contribution in [0.4, 0.5) is 5.00 Å². The van der Waals surface area contributed by atoms with Crippen molar-refractivity contribution in [3.05, 3.63) is 57.3 Å². The van der Waals surface area contributed by atoms with Gasteiger partial charge in [0, 0.05) is 4.88 Å². The van der Waals surface area contributed by atoms with Crippen molar-refractivity contribution in [2.75, 3.05) is 5.32 Å². The van der Waals surface area contributed by atoms with E-state index in [4.69, 9.17) is 0 Å². The van der Waals surface area contributed by atoms with Crippen LogP contribution in [0.1, 0.15) is 39.0 Å². The van der Waals surface area contributed by atoms with Crippen LogP contribution in [0.3, 0.4) is 0 Å². The average Bonchev–Trinajstić information content (AvgIpc) is 3.43. The summed E-state index contributed by atoms with van der Waals surface area (Å²) in [5, 5.41) is 14.2. The predicted molar refractivity (Wildman–Crippen MR) is 121 cm³/mol. The zero-order chi connectivity index (χ0) is 20.0. The first-order valence-corrected chi connectivity index (χ1v) is 11.9. The van der Waals surface area contributed by atoms with Gasteiger partial charge in [-0.3, -0.25) is 4.79 Å². The second kappa shape index (κ2) is 7.38. The van der Waals surface area contributed by atoms with Crippen LogP contribution in [0.25, 0.3) is 20.1 Å². The molecule has 0 spiro atoms. The second-order valence-electron chi connectivity index (χ2n) is 7.27. The summed E-state index contributed by atoms with van der Waals surface area (Å²) in [5.74, 6) is 0.468. The maximum absolute atomic E-state index is 12.9. The predicted octanol–water partition coefficient (Wildman–Crippen LogP) is 6.34. The van der Waals surface area contributed by atoms with E-state index in [1.807, 2.05) is 30.3 Å². The monoisotopic (exact) mass is 435 g/mol. The van der Waals surface area contributed by atoms with Crippen LogP contribution in [-0.4, -0.2) is 10.9 Å². The molecule has 7 heteroatoms. The van der Waals surface area contributed by atoms with Crippen molar-refractivity contribution in [3.63, 3.8) is 0 Å². The molecule has 3 aromatic heterocycles. The molecule has 0 saturated carbocycles. The highest BCUT2D eigenvalue weighted by atomic mass is 32.1. The Bertz CT molecular complexity index is 1240. The molecule has 144 valence electrons. The number of anilines is 1. The summed E-state index contributed by atoms with van der Waals surface area (Å²) in [6.07, 6.45) is 3.01. The number of rotatable bonds is 3. The minimum Gasteiger partial charge on any atom is -0.312 e. The zero-order valence-electron chi connectivity index (χ0n) is 15.7. The first-order chi connectivity index (χ1) is 14.1. The molecule has 1 atom stereocenters. The topological polar surface area (TPSA) is 65.8 Å². The van der Waals surface area contributed by atoms with Crippen LogP contribution >= 0.6 is 34.0 Å². The van der Waals surface area contributed by atoms with Crippen molar-refractivity contribution >= 4 is 55.1 Å². The molecular weight excluding hydrogens is 418 g/mol. The Morgan fingerprint density at radius 3 is 2.90 bits per heavy atom. The van der Waals surface area contributed by atoms with Gasteiger partial charge in [-0.05, 0) is 55.0 Å². The zero-order valence-corrected chi connectivity index (χ0v) is 18.1. The van der Waals surface area contributed by atoms with E-state index in [2.05, 4.69) is 29.4 Å². The number of para-hydroxylation sites is 1. The lowest BCUT2D eigenvalue weighted by atomic mass is 9.89. The first kappa shape index (κ1) is 18.5. The number of aromatic nitrogens is 1. The average molecular weight is 436 g/mol. The van der Waals surface area contributed by atoms with Crippen molar-refractivity contribution in [1.29, 1.82) is 5.26 Å². The molecule has 3 heterocycles. The molecule has 5 rings (SSSR count). The highest BCUT2D eigenvalue weighted by Gasteiger charge is 2.25. The number of carbonyl (C=O) groups is 1. The van der Waals surface area contributed by atoms with Gasteiger partial charge in [0.2, 0.25) is 0 Å². The van der Waals surface area contributed by atoms with Crippen molar-refractivity contribution in [2.45, 2.75) is 26.2 Å². The van der Waals surface area contributed by atoms with Gasteiger partial charge in [0.05, 0.1) is 25.5 Å². The summed E-state index contributed by atoms with van der Waals surface area (Å²) in [6, 6.07) is 14.1. The summed E-state index contributed by atoms with van der Waals surface area (Å²) in [6.45, 7) is 2.24. The molecule has 0 unspecified atom stereocenters. The van der Waals surface area contributed by atoms with Crippen LogP contribution < -0.4 is 5.32 Å². The fourth-order valence-corrected chi connectivity index (χ4v) is 6.95. The minimum atomic E-state index is -0.162. The molecule has 29 heavy (non-hydrogen) atoms. The van der Waals surface area contributed by atoms with Gasteiger partial charge in [-0.1, -0.05) is 19.1 Å². The molecule has 0 radical (unpaired) electrons. The highest BCUT2D eigenvalue weighted by Crippen LogP contribution is 2.40. The van der Waals surface area contributed by atoms with Gasteiger partial charge in [-0.15, -0.1) is 34.0 Å². The van der Waals surface area contributed by atoms with E-state index < -0.39 is 0 Å². The van der Waals surface area contributed by atoms with Crippen molar-refractivity contribution in [2.24, 2.45) is 5.92 Å². The van der Waals surface area contributed by atoms with Gasteiger partial charge >= 0.3 is 0 Å². The third-order valence-corrected chi connectivity index (χ3v) is 8.64. The van der Waals surface area contributed by atoms with E-state index in [0.717, 1.165) is 44.9 Å². The lowest BCUT2D eigenvalue weighted by molar-refractivity contribution is 0.103. The van der Waals surface area contributed by atoms with Crippen molar-refractivity contribution < 1.29 is 4.79 Å². The number of benzene rings is 1. The summed E-state index contributed by atoms with van der Waals surface area (Å²) in [5.41, 5.74) is 2.75. The number of thiazole rings is 1. The largest absolute Gasteiger partial charge is 0.312 e. The van der Waals surface area contributed by atoms with Gasteiger partial charge in [0.1, 0.15) is 16.1 Å². The maximum atomic E-state index is 12.9. The van der Waals surface area contributed by atoms with Gasteiger partial charge in [-0.2, -0.15) is 5.26 Å². The molecule has 0 aliphatic heterocycles. The van der Waals surface area contributed by atoms with Crippen LogP contribution in [0, 0.1) is 17.2 Å². The number of nitrogens with zero attached hydrogens (tertiary/aromatic N) is 2. The molecular formula is C22H17N3OS3. The van der Waals surface area contributed by atoms with Crippen LogP contribution in [0.15, 0.2) is 36.4 Å². The molecule has 0 fully saturated rings. The molecule has 1 N–H and O–H groups in total. The van der Waals surface area contributed by atoms with E-state index in [9.17, 15) is 10.1 Å². The van der Waals surface area contributed by atoms with Crippen molar-refractivity contribution in [1.82, 2.24) is 4.98 Å². The van der Waals surface area contributed by atoms with E-state index in [-0.39, 0.29) is 5.91 Å². The normalized spacial score (nSPS) is 15.8. The Kier molecular flexibility index (Phi) is 4.70.